The van der Waals surface area contributed by atoms with Gasteiger partial charge in [0, 0.05) is 23.8 Å². The van der Waals surface area contributed by atoms with Crippen LogP contribution in [0.4, 0.5) is 11.4 Å². The summed E-state index contributed by atoms with van der Waals surface area (Å²) in [6.07, 6.45) is 3.38. The number of nitrogens with one attached hydrogen (secondary N) is 2. The zero-order chi connectivity index (χ0) is 19.1. The van der Waals surface area contributed by atoms with E-state index in [1.165, 1.54) is 0 Å². The summed E-state index contributed by atoms with van der Waals surface area (Å²) in [7, 11) is 0. The molecule has 3 rings (SSSR count). The molecule has 7 nitrogen and oxygen atoms in total. The molecule has 1 heterocycles. The summed E-state index contributed by atoms with van der Waals surface area (Å²) in [4.78, 5) is 16.4. The van der Waals surface area contributed by atoms with Crippen molar-refractivity contribution in [3.05, 3.63) is 78.1 Å². The number of rotatable bonds is 6. The van der Waals surface area contributed by atoms with Crippen molar-refractivity contribution in [2.45, 2.75) is 20.0 Å². The van der Waals surface area contributed by atoms with Gasteiger partial charge in [0.15, 0.2) is 5.96 Å². The van der Waals surface area contributed by atoms with Gasteiger partial charge in [0.2, 0.25) is 5.91 Å². The summed E-state index contributed by atoms with van der Waals surface area (Å²) in [5.74, 6) is 0.203. The fraction of sp³-hybridized carbons (Fsp3) is 0.150. The second-order valence-electron chi connectivity index (χ2n) is 6.15. The molecule has 0 aliphatic rings. The van der Waals surface area contributed by atoms with Crippen LogP contribution in [0.5, 0.6) is 0 Å². The maximum Gasteiger partial charge on any atom is 0.246 e. The number of benzene rings is 2. The Balaban J connectivity index is 0.00000280. The van der Waals surface area contributed by atoms with Gasteiger partial charge in [-0.05, 0) is 48.4 Å². The lowest BCUT2D eigenvalue weighted by molar-refractivity contribution is -0.116. The second-order valence-corrected chi connectivity index (χ2v) is 6.15. The topological polar surface area (TPSA) is 97.3 Å². The lowest BCUT2D eigenvalue weighted by Gasteiger charge is -2.08. The number of nitrogens with zero attached hydrogens (tertiary/aromatic N) is 3. The summed E-state index contributed by atoms with van der Waals surface area (Å²) in [6, 6.07) is 17.2. The van der Waals surface area contributed by atoms with Gasteiger partial charge in [-0.15, -0.1) is 24.0 Å². The van der Waals surface area contributed by atoms with E-state index in [4.69, 9.17) is 5.73 Å². The van der Waals surface area contributed by atoms with Gasteiger partial charge in [0.05, 0.1) is 6.54 Å². The predicted molar refractivity (Wildman–Crippen MR) is 123 cm³/mol. The molecule has 0 aliphatic carbocycles. The number of carbonyl (C=O) groups is 1. The number of carbonyl (C=O) groups excluding carboxylic acids is 1. The van der Waals surface area contributed by atoms with Crippen LogP contribution in [0.3, 0.4) is 0 Å². The lowest BCUT2D eigenvalue weighted by atomic mass is 10.2. The molecular weight excluding hydrogens is 467 g/mol. The number of hydrogen-bond donors (Lipinski definition) is 3. The number of guanidine groups is 1. The third-order valence-corrected chi connectivity index (χ3v) is 3.80. The molecule has 0 spiro atoms. The monoisotopic (exact) mass is 490 g/mol. The molecule has 0 radical (unpaired) electrons. The quantitative estimate of drug-likeness (QED) is 0.281. The van der Waals surface area contributed by atoms with E-state index in [0.717, 1.165) is 16.8 Å². The normalized spacial score (nSPS) is 10.8. The highest BCUT2D eigenvalue weighted by Gasteiger charge is 2.04. The number of nitrogens with two attached hydrogens (primary N) is 1. The molecule has 0 atom stereocenters. The molecule has 1 aromatic heterocycles. The molecule has 2 aromatic carbocycles. The predicted octanol–water partition coefficient (Wildman–Crippen LogP) is 3.38. The van der Waals surface area contributed by atoms with Crippen LogP contribution < -0.4 is 16.4 Å². The highest BCUT2D eigenvalue weighted by Crippen LogP contribution is 2.12. The second kappa shape index (κ2) is 10.5. The summed E-state index contributed by atoms with van der Waals surface area (Å²) in [5.41, 5.74) is 9.66. The average molecular weight is 490 g/mol. The first-order valence-electron chi connectivity index (χ1n) is 8.58. The molecule has 4 N–H and O–H groups in total. The maximum atomic E-state index is 12.1. The van der Waals surface area contributed by atoms with Crippen molar-refractivity contribution in [3.63, 3.8) is 0 Å². The Bertz CT molecular complexity index is 939. The Morgan fingerprint density at radius 1 is 1.11 bits per heavy atom. The van der Waals surface area contributed by atoms with Crippen molar-refractivity contribution in [2.24, 2.45) is 10.7 Å². The van der Waals surface area contributed by atoms with E-state index < -0.39 is 0 Å². The number of hydrogen-bond acceptors (Lipinski definition) is 3. The zero-order valence-electron chi connectivity index (χ0n) is 15.5. The summed E-state index contributed by atoms with van der Waals surface area (Å²) in [6.45, 7) is 2.60. The van der Waals surface area contributed by atoms with Crippen LogP contribution in [0, 0.1) is 6.92 Å². The standard InChI is InChI=1S/C20H22N6O.HI/c1-15-5-2-7-17(11-15)25-20(21)22-13-16-6-3-8-18(12-16)24-19(27)14-26-10-4-9-23-26;/h2-12H,13-14H2,1H3,(H,24,27)(H3,21,22,25);1H. The maximum absolute atomic E-state index is 12.1. The van der Waals surface area contributed by atoms with E-state index in [2.05, 4.69) is 20.7 Å². The number of aliphatic imine (C=N–C) groups is 1. The van der Waals surface area contributed by atoms with Crippen LogP contribution in [0.2, 0.25) is 0 Å². The van der Waals surface area contributed by atoms with Gasteiger partial charge in [-0.25, -0.2) is 4.99 Å². The van der Waals surface area contributed by atoms with Gasteiger partial charge < -0.3 is 16.4 Å². The fourth-order valence-electron chi connectivity index (χ4n) is 2.58. The Labute approximate surface area is 181 Å². The van der Waals surface area contributed by atoms with Crippen molar-refractivity contribution in [2.75, 3.05) is 10.6 Å². The van der Waals surface area contributed by atoms with Gasteiger partial charge in [0.1, 0.15) is 6.54 Å². The van der Waals surface area contributed by atoms with E-state index in [0.29, 0.717) is 18.2 Å². The number of aromatic nitrogens is 2. The largest absolute Gasteiger partial charge is 0.370 e. The van der Waals surface area contributed by atoms with E-state index in [1.54, 1.807) is 23.1 Å². The molecule has 0 fully saturated rings. The van der Waals surface area contributed by atoms with Gasteiger partial charge in [-0.3, -0.25) is 9.48 Å². The molecule has 0 saturated carbocycles. The van der Waals surface area contributed by atoms with Gasteiger partial charge in [-0.1, -0.05) is 24.3 Å². The van der Waals surface area contributed by atoms with Crippen LogP contribution in [-0.2, 0) is 17.9 Å². The van der Waals surface area contributed by atoms with E-state index in [9.17, 15) is 4.79 Å². The third-order valence-electron chi connectivity index (χ3n) is 3.80. The molecule has 0 bridgehead atoms. The number of amides is 1. The summed E-state index contributed by atoms with van der Waals surface area (Å²) in [5, 5.41) is 9.95. The van der Waals surface area contributed by atoms with Gasteiger partial charge in [-0.2, -0.15) is 5.10 Å². The Kier molecular flexibility index (Phi) is 8.00. The number of aryl methyl sites for hydroxylation is 1. The molecule has 1 amide bonds. The van der Waals surface area contributed by atoms with Crippen molar-refractivity contribution >= 4 is 47.2 Å². The van der Waals surface area contributed by atoms with Gasteiger partial charge >= 0.3 is 0 Å². The van der Waals surface area contributed by atoms with Crippen LogP contribution in [0.1, 0.15) is 11.1 Å². The highest BCUT2D eigenvalue weighted by molar-refractivity contribution is 14.0. The molecule has 0 saturated heterocycles. The van der Waals surface area contributed by atoms with Gasteiger partial charge in [0.25, 0.3) is 0 Å². The first kappa shape index (κ1) is 21.4. The summed E-state index contributed by atoms with van der Waals surface area (Å²) >= 11 is 0. The van der Waals surface area contributed by atoms with Crippen LogP contribution in [0.25, 0.3) is 0 Å². The SMILES string of the molecule is Cc1cccc(NC(N)=NCc2cccc(NC(=O)Cn3cccn3)c2)c1.I. The van der Waals surface area contributed by atoms with Crippen LogP contribution >= 0.6 is 24.0 Å². The highest BCUT2D eigenvalue weighted by atomic mass is 127. The van der Waals surface area contributed by atoms with E-state index in [-0.39, 0.29) is 36.4 Å². The lowest BCUT2D eigenvalue weighted by Crippen LogP contribution is -2.22. The molecule has 3 aromatic rings. The average Bonchev–Trinajstić information content (AvgIpc) is 3.13. The minimum absolute atomic E-state index is 0. The number of halogens is 1. The first-order chi connectivity index (χ1) is 13.1. The smallest absolute Gasteiger partial charge is 0.246 e. The number of anilines is 2. The van der Waals surface area contributed by atoms with E-state index >= 15 is 0 Å². The molecule has 8 heteroatoms. The van der Waals surface area contributed by atoms with Crippen molar-refractivity contribution in [1.82, 2.24) is 9.78 Å². The zero-order valence-corrected chi connectivity index (χ0v) is 17.8. The summed E-state index contributed by atoms with van der Waals surface area (Å²) < 4.78 is 1.57. The molecule has 146 valence electrons. The van der Waals surface area contributed by atoms with Crippen molar-refractivity contribution < 1.29 is 4.79 Å². The molecule has 0 unspecified atom stereocenters. The van der Waals surface area contributed by atoms with Crippen LogP contribution in [-0.4, -0.2) is 21.6 Å². The fourth-order valence-corrected chi connectivity index (χ4v) is 2.58. The van der Waals surface area contributed by atoms with Crippen molar-refractivity contribution in [1.29, 1.82) is 0 Å². The third kappa shape index (κ3) is 6.69. The minimum atomic E-state index is -0.139. The Morgan fingerprint density at radius 3 is 2.57 bits per heavy atom. The van der Waals surface area contributed by atoms with Crippen molar-refractivity contribution in [3.8, 4) is 0 Å². The Morgan fingerprint density at radius 2 is 1.86 bits per heavy atom. The van der Waals surface area contributed by atoms with Crippen LogP contribution in [0.15, 0.2) is 72.0 Å². The molecular formula is C20H23IN6O. The minimum Gasteiger partial charge on any atom is -0.370 e. The molecule has 28 heavy (non-hydrogen) atoms. The Hall–Kier alpha value is -2.88. The first-order valence-corrected chi connectivity index (χ1v) is 8.58. The molecule has 0 aliphatic heterocycles. The van der Waals surface area contributed by atoms with E-state index in [1.807, 2.05) is 55.5 Å².